The first-order chi connectivity index (χ1) is 21.7. The van der Waals surface area contributed by atoms with Crippen molar-refractivity contribution in [1.29, 1.82) is 0 Å². The minimum absolute atomic E-state index is 0.0248. The predicted octanol–water partition coefficient (Wildman–Crippen LogP) is 8.19. The normalized spacial score (nSPS) is 11.3. The number of aryl methyl sites for hydroxylation is 1. The molecule has 0 heterocycles. The standard InChI is InChI=1S/C35H28ClN3O6/c1-22-11-17-26(21-32(22)39(43)44)37-30-18-16-25(36)20-29(30)34(40)38-31(35(41)42)19-23-12-14-24(15-13-23)28-9-5-6-10-33(28)45-27-7-3-2-4-8-27/h2-18,20-21,31,37H,19H2,1H3,(H,38,40)(H,41,42)/t31-/m0/s1. The van der Waals surface area contributed by atoms with Gasteiger partial charge in [0.25, 0.3) is 11.6 Å². The number of nitrogens with zero attached hydrogens (tertiary/aromatic N) is 1. The number of nitrogens with one attached hydrogen (secondary N) is 2. The lowest BCUT2D eigenvalue weighted by atomic mass is 9.99. The van der Waals surface area contributed by atoms with Gasteiger partial charge in [-0.05, 0) is 60.5 Å². The number of carboxylic acid groups (broad SMARTS) is 1. The van der Waals surface area contributed by atoms with Gasteiger partial charge in [-0.15, -0.1) is 0 Å². The molecule has 226 valence electrons. The Morgan fingerprint density at radius 3 is 2.33 bits per heavy atom. The second-order valence-electron chi connectivity index (χ2n) is 10.2. The van der Waals surface area contributed by atoms with Crippen LogP contribution >= 0.6 is 11.6 Å². The molecule has 0 unspecified atom stereocenters. The molecule has 0 aliphatic heterocycles. The van der Waals surface area contributed by atoms with Crippen LogP contribution in [0.5, 0.6) is 11.5 Å². The van der Waals surface area contributed by atoms with Crippen LogP contribution in [0, 0.1) is 17.0 Å². The van der Waals surface area contributed by atoms with Gasteiger partial charge in [-0.2, -0.15) is 0 Å². The Kier molecular flexibility index (Phi) is 9.40. The van der Waals surface area contributed by atoms with Gasteiger partial charge in [0.05, 0.1) is 16.2 Å². The molecule has 0 fully saturated rings. The summed E-state index contributed by atoms with van der Waals surface area (Å²) >= 11 is 6.18. The molecule has 3 N–H and O–H groups in total. The monoisotopic (exact) mass is 621 g/mol. The van der Waals surface area contributed by atoms with E-state index in [-0.39, 0.29) is 22.7 Å². The number of carbonyl (C=O) groups excluding carboxylic acids is 1. The third-order valence-corrected chi connectivity index (χ3v) is 7.31. The maximum absolute atomic E-state index is 13.4. The summed E-state index contributed by atoms with van der Waals surface area (Å²) in [6.07, 6.45) is 0.0248. The van der Waals surface area contributed by atoms with E-state index in [0.717, 1.165) is 11.1 Å². The van der Waals surface area contributed by atoms with Crippen LogP contribution < -0.4 is 15.4 Å². The van der Waals surface area contributed by atoms with Crippen molar-refractivity contribution in [3.8, 4) is 22.6 Å². The summed E-state index contributed by atoms with van der Waals surface area (Å²) in [7, 11) is 0. The molecule has 0 aliphatic rings. The van der Waals surface area contributed by atoms with Crippen molar-refractivity contribution in [2.24, 2.45) is 0 Å². The average molecular weight is 622 g/mol. The summed E-state index contributed by atoms with van der Waals surface area (Å²) in [5.74, 6) is -0.490. The number of hydrogen-bond acceptors (Lipinski definition) is 6. The molecule has 10 heteroatoms. The Bertz CT molecular complexity index is 1860. The van der Waals surface area contributed by atoms with Crippen LogP contribution in [0.25, 0.3) is 11.1 Å². The number of para-hydroxylation sites is 2. The van der Waals surface area contributed by atoms with Gasteiger partial charge < -0.3 is 20.5 Å². The zero-order valence-electron chi connectivity index (χ0n) is 24.1. The lowest BCUT2D eigenvalue weighted by Gasteiger charge is -2.18. The molecule has 5 rings (SSSR count). The van der Waals surface area contributed by atoms with E-state index < -0.39 is 22.8 Å². The molecule has 0 bridgehead atoms. The molecule has 0 aromatic heterocycles. The van der Waals surface area contributed by atoms with Crippen LogP contribution in [0.15, 0.2) is 115 Å². The third-order valence-electron chi connectivity index (χ3n) is 7.08. The van der Waals surface area contributed by atoms with E-state index in [4.69, 9.17) is 16.3 Å². The number of halogens is 1. The van der Waals surface area contributed by atoms with Crippen molar-refractivity contribution in [1.82, 2.24) is 5.32 Å². The first-order valence-corrected chi connectivity index (χ1v) is 14.3. The maximum Gasteiger partial charge on any atom is 0.326 e. The van der Waals surface area contributed by atoms with Gasteiger partial charge in [0.15, 0.2) is 0 Å². The van der Waals surface area contributed by atoms with Crippen molar-refractivity contribution >= 4 is 40.5 Å². The van der Waals surface area contributed by atoms with Crippen molar-refractivity contribution in [3.63, 3.8) is 0 Å². The van der Waals surface area contributed by atoms with Crippen LogP contribution in [0.1, 0.15) is 21.5 Å². The highest BCUT2D eigenvalue weighted by Gasteiger charge is 2.23. The molecular formula is C35H28ClN3O6. The molecule has 0 spiro atoms. The lowest BCUT2D eigenvalue weighted by Crippen LogP contribution is -2.42. The second kappa shape index (κ2) is 13.7. The molecule has 1 atom stereocenters. The lowest BCUT2D eigenvalue weighted by molar-refractivity contribution is -0.385. The summed E-state index contributed by atoms with van der Waals surface area (Å²) in [4.78, 5) is 36.5. The zero-order valence-corrected chi connectivity index (χ0v) is 24.8. The molecule has 0 aliphatic carbocycles. The highest BCUT2D eigenvalue weighted by Crippen LogP contribution is 2.33. The van der Waals surface area contributed by atoms with Crippen molar-refractivity contribution in [2.75, 3.05) is 5.32 Å². The number of anilines is 2. The smallest absolute Gasteiger partial charge is 0.326 e. The molecule has 9 nitrogen and oxygen atoms in total. The highest BCUT2D eigenvalue weighted by atomic mass is 35.5. The van der Waals surface area contributed by atoms with E-state index in [9.17, 15) is 24.8 Å². The second-order valence-corrected chi connectivity index (χ2v) is 10.7. The van der Waals surface area contributed by atoms with Crippen LogP contribution in [0.2, 0.25) is 5.02 Å². The number of rotatable bonds is 11. The number of carboxylic acids is 1. The molecule has 5 aromatic carbocycles. The Morgan fingerprint density at radius 2 is 1.62 bits per heavy atom. The number of hydrogen-bond donors (Lipinski definition) is 3. The van der Waals surface area contributed by atoms with Gasteiger partial charge in [-0.25, -0.2) is 4.79 Å². The molecule has 45 heavy (non-hydrogen) atoms. The summed E-state index contributed by atoms with van der Waals surface area (Å²) in [6.45, 7) is 1.63. The van der Waals surface area contributed by atoms with Crippen LogP contribution in [-0.4, -0.2) is 27.9 Å². The first-order valence-electron chi connectivity index (χ1n) is 13.9. The van der Waals surface area contributed by atoms with Crippen LogP contribution in [-0.2, 0) is 11.2 Å². The average Bonchev–Trinajstić information content (AvgIpc) is 3.03. The van der Waals surface area contributed by atoms with Gasteiger partial charge in [0.1, 0.15) is 17.5 Å². The Labute approximate surface area is 264 Å². The molecule has 5 aromatic rings. The van der Waals surface area contributed by atoms with E-state index in [1.807, 2.05) is 78.9 Å². The van der Waals surface area contributed by atoms with Gasteiger partial charge in [-0.3, -0.25) is 14.9 Å². The van der Waals surface area contributed by atoms with Crippen molar-refractivity contribution < 1.29 is 24.4 Å². The molecule has 0 saturated carbocycles. The van der Waals surface area contributed by atoms with E-state index in [2.05, 4.69) is 10.6 Å². The Hall–Kier alpha value is -5.67. The molecule has 1 amide bonds. The minimum Gasteiger partial charge on any atom is -0.480 e. The number of benzene rings is 5. The quantitative estimate of drug-likeness (QED) is 0.100. The molecule has 0 radical (unpaired) electrons. The Balaban J connectivity index is 1.32. The van der Waals surface area contributed by atoms with E-state index >= 15 is 0 Å². The number of carbonyl (C=O) groups is 2. The predicted molar refractivity (Wildman–Crippen MR) is 174 cm³/mol. The fourth-order valence-corrected chi connectivity index (χ4v) is 4.93. The minimum atomic E-state index is -1.25. The van der Waals surface area contributed by atoms with Crippen LogP contribution in [0.3, 0.4) is 0 Å². The number of nitro groups is 1. The fraction of sp³-hybridized carbons (Fsp3) is 0.0857. The Morgan fingerprint density at radius 1 is 0.911 bits per heavy atom. The summed E-state index contributed by atoms with van der Waals surface area (Å²) in [5.41, 5.74) is 3.63. The van der Waals surface area contributed by atoms with E-state index in [1.54, 1.807) is 31.2 Å². The number of ether oxygens (including phenoxy) is 1. The number of nitro benzene ring substituents is 1. The van der Waals surface area contributed by atoms with Gasteiger partial charge in [-0.1, -0.05) is 78.3 Å². The van der Waals surface area contributed by atoms with Gasteiger partial charge >= 0.3 is 5.97 Å². The zero-order chi connectivity index (χ0) is 31.9. The summed E-state index contributed by atoms with van der Waals surface area (Å²) in [5, 5.41) is 27.2. The maximum atomic E-state index is 13.4. The molecular weight excluding hydrogens is 594 g/mol. The third kappa shape index (κ3) is 7.65. The molecule has 0 saturated heterocycles. The van der Waals surface area contributed by atoms with E-state index in [0.29, 0.717) is 34.0 Å². The topological polar surface area (TPSA) is 131 Å². The SMILES string of the molecule is Cc1ccc(Nc2ccc(Cl)cc2C(=O)N[C@@H](Cc2ccc(-c3ccccc3Oc3ccccc3)cc2)C(=O)O)cc1[N+](=O)[O-]. The highest BCUT2D eigenvalue weighted by molar-refractivity contribution is 6.31. The van der Waals surface area contributed by atoms with Gasteiger partial charge in [0, 0.05) is 34.3 Å². The first kappa shape index (κ1) is 30.8. The van der Waals surface area contributed by atoms with Crippen LogP contribution in [0.4, 0.5) is 17.1 Å². The van der Waals surface area contributed by atoms with Gasteiger partial charge in [0.2, 0.25) is 0 Å². The summed E-state index contributed by atoms with van der Waals surface area (Å²) < 4.78 is 6.08. The van der Waals surface area contributed by atoms with Crippen molar-refractivity contribution in [3.05, 3.63) is 147 Å². The fourth-order valence-electron chi connectivity index (χ4n) is 4.75. The largest absolute Gasteiger partial charge is 0.480 e. The van der Waals surface area contributed by atoms with Crippen molar-refractivity contribution in [2.45, 2.75) is 19.4 Å². The van der Waals surface area contributed by atoms with E-state index in [1.165, 1.54) is 12.1 Å². The summed E-state index contributed by atoms with van der Waals surface area (Å²) in [6, 6.07) is 32.3. The number of aliphatic carboxylic acids is 1. The number of amides is 1.